The predicted octanol–water partition coefficient (Wildman–Crippen LogP) is -0.791. The molecule has 0 fully saturated rings. The van der Waals surface area contributed by atoms with Gasteiger partial charge in [-0.15, -0.1) is 0 Å². The Morgan fingerprint density at radius 2 is 2.71 bits per heavy atom. The van der Waals surface area contributed by atoms with Crippen LogP contribution in [0.15, 0.2) is 0 Å². The van der Waals surface area contributed by atoms with Crippen LogP contribution in [0.5, 0.6) is 0 Å². The Labute approximate surface area is 46.9 Å². The molecule has 0 spiro atoms. The van der Waals surface area contributed by atoms with Crippen molar-refractivity contribution in [1.29, 1.82) is 0 Å². The van der Waals surface area contributed by atoms with Crippen LogP contribution in [0.1, 0.15) is 17.4 Å². The number of rotatable bonds is 2. The zero-order valence-corrected chi connectivity index (χ0v) is 3.85. The summed E-state index contributed by atoms with van der Waals surface area (Å²) in [4.78, 5) is 10.2. The second-order valence-corrected chi connectivity index (χ2v) is 1.21. The normalized spacial score (nSPS) is 21.6. The van der Waals surface area contributed by atoms with Gasteiger partial charge in [0.2, 0.25) is 5.91 Å². The number of carbonyl (C=O) groups is 1. The molecule has 0 aromatic rings. The number of hydrogen-bond donors (Lipinski definition) is 2. The third-order valence-electron chi connectivity index (χ3n) is 0.585. The van der Waals surface area contributed by atoms with Crippen molar-refractivity contribution in [2.45, 2.75) is 19.3 Å². The van der Waals surface area contributed by atoms with Gasteiger partial charge in [0.05, 0.1) is 6.04 Å². The van der Waals surface area contributed by atoms with Gasteiger partial charge in [-0.25, -0.2) is 0 Å². The quantitative estimate of drug-likeness (QED) is 0.483. The first kappa shape index (κ1) is 2.67. The van der Waals surface area contributed by atoms with E-state index in [0.29, 0.717) is 0 Å². The van der Waals surface area contributed by atoms with Gasteiger partial charge in [-0.1, -0.05) is 6.85 Å². The summed E-state index contributed by atoms with van der Waals surface area (Å²) in [6, 6.07) is -1.06. The second-order valence-electron chi connectivity index (χ2n) is 1.21. The monoisotopic (exact) mass is 105 g/mol. The number of primary amides is 1. The molecular weight excluding hydrogens is 92.1 g/mol. The topological polar surface area (TPSA) is 69.1 Å². The van der Waals surface area contributed by atoms with E-state index in [1.807, 2.05) is 0 Å². The lowest BCUT2D eigenvalue weighted by molar-refractivity contribution is -0.119. The summed E-state index contributed by atoms with van der Waals surface area (Å²) in [7, 11) is 0. The molecule has 1 atom stereocenters. The van der Waals surface area contributed by atoms with E-state index in [1.54, 1.807) is 0 Å². The average Bonchev–Trinajstić information content (AvgIpc) is 1.60. The van der Waals surface area contributed by atoms with Crippen molar-refractivity contribution in [2.75, 3.05) is 0 Å². The van der Waals surface area contributed by atoms with E-state index >= 15 is 0 Å². The molecular formula is C4H10N2O. The van der Waals surface area contributed by atoms with Gasteiger partial charge in [0.1, 0.15) is 0 Å². The second kappa shape index (κ2) is 2.58. The van der Waals surface area contributed by atoms with Crippen molar-refractivity contribution in [3.05, 3.63) is 0 Å². The van der Waals surface area contributed by atoms with E-state index in [2.05, 4.69) is 0 Å². The van der Waals surface area contributed by atoms with Crippen molar-refractivity contribution in [3.8, 4) is 0 Å². The minimum Gasteiger partial charge on any atom is -0.368 e. The largest absolute Gasteiger partial charge is 0.368 e. The molecule has 0 aromatic heterocycles. The highest BCUT2D eigenvalue weighted by Crippen LogP contribution is 1.80. The third kappa shape index (κ3) is 2.17. The summed E-state index contributed by atoms with van der Waals surface area (Å²) in [6.07, 6.45) is -0.359. The molecule has 0 saturated carbocycles. The lowest BCUT2D eigenvalue weighted by atomic mass is 10.2. The van der Waals surface area contributed by atoms with Crippen molar-refractivity contribution in [2.24, 2.45) is 11.5 Å². The van der Waals surface area contributed by atoms with Gasteiger partial charge in [-0.3, -0.25) is 4.79 Å². The molecule has 3 heteroatoms. The summed E-state index contributed by atoms with van der Waals surface area (Å²) < 4.78 is 20.1. The van der Waals surface area contributed by atoms with Crippen molar-refractivity contribution < 1.29 is 8.91 Å². The summed E-state index contributed by atoms with van der Waals surface area (Å²) in [5.41, 5.74) is 9.80. The molecule has 42 valence electrons. The fraction of sp³-hybridized carbons (Fsp3) is 0.750. The third-order valence-corrected chi connectivity index (χ3v) is 0.585. The molecule has 7 heavy (non-hydrogen) atoms. The van der Waals surface area contributed by atoms with Gasteiger partial charge >= 0.3 is 0 Å². The fourth-order valence-electron chi connectivity index (χ4n) is 0.101. The Hall–Kier alpha value is -0.570. The molecule has 0 radical (unpaired) electrons. The Morgan fingerprint density at radius 3 is 2.86 bits per heavy atom. The molecule has 0 rings (SSSR count). The van der Waals surface area contributed by atoms with Gasteiger partial charge in [0, 0.05) is 4.11 Å². The maximum atomic E-state index is 10.2. The molecule has 0 saturated heterocycles. The van der Waals surface area contributed by atoms with E-state index in [-0.39, 0.29) is 6.42 Å². The first-order valence-electron chi connectivity index (χ1n) is 3.38. The van der Waals surface area contributed by atoms with Gasteiger partial charge in [0.25, 0.3) is 0 Å². The van der Waals surface area contributed by atoms with Crippen LogP contribution in [0.4, 0.5) is 0 Å². The minimum absolute atomic E-state index is 0.359. The van der Waals surface area contributed by atoms with Crippen LogP contribution in [0.25, 0.3) is 0 Å². The van der Waals surface area contributed by atoms with Gasteiger partial charge < -0.3 is 11.5 Å². The minimum atomic E-state index is -2.17. The molecule has 0 aliphatic rings. The maximum absolute atomic E-state index is 10.2. The molecule has 1 amide bonds. The van der Waals surface area contributed by atoms with Crippen LogP contribution in [0.3, 0.4) is 0 Å². The number of carbonyl (C=O) groups excluding carboxylic acids is 1. The van der Waals surface area contributed by atoms with E-state index in [0.717, 1.165) is 0 Å². The van der Waals surface area contributed by atoms with Crippen LogP contribution in [0, 0.1) is 0 Å². The molecule has 0 bridgehead atoms. The first-order chi connectivity index (χ1) is 4.33. The summed E-state index contributed by atoms with van der Waals surface area (Å²) in [6.45, 7) is -2.17. The molecule has 0 aromatic carbocycles. The molecule has 0 aliphatic carbocycles. The molecule has 3 nitrogen and oxygen atoms in total. The molecule has 0 unspecified atom stereocenters. The summed E-state index contributed by atoms with van der Waals surface area (Å²) in [5.74, 6) is -0.781. The van der Waals surface area contributed by atoms with Gasteiger partial charge in [-0.2, -0.15) is 0 Å². The standard InChI is InChI=1S/C4H10N2O/c1-2-3(5)4(6)7/h3H,2,5H2,1H3,(H2,6,7)/t3-/m1/s1/i1D3. The Balaban J connectivity index is 3.80. The van der Waals surface area contributed by atoms with E-state index < -0.39 is 18.8 Å². The van der Waals surface area contributed by atoms with Crippen LogP contribution in [-0.2, 0) is 4.79 Å². The van der Waals surface area contributed by atoms with Crippen LogP contribution < -0.4 is 11.5 Å². The first-order valence-corrected chi connectivity index (χ1v) is 1.88. The lowest BCUT2D eigenvalue weighted by Crippen LogP contribution is -2.35. The number of hydrogen-bond acceptors (Lipinski definition) is 2. The highest BCUT2D eigenvalue weighted by Gasteiger charge is 2.02. The smallest absolute Gasteiger partial charge is 0.234 e. The van der Waals surface area contributed by atoms with Crippen LogP contribution in [0.2, 0.25) is 0 Å². The highest BCUT2D eigenvalue weighted by atomic mass is 16.1. The zero-order valence-electron chi connectivity index (χ0n) is 6.85. The van der Waals surface area contributed by atoms with Crippen molar-refractivity contribution in [3.63, 3.8) is 0 Å². The highest BCUT2D eigenvalue weighted by molar-refractivity contribution is 5.79. The lowest BCUT2D eigenvalue weighted by Gasteiger charge is -1.98. The summed E-state index contributed by atoms with van der Waals surface area (Å²) >= 11 is 0. The maximum Gasteiger partial charge on any atom is 0.234 e. The zero-order chi connectivity index (χ0) is 8.36. The van der Waals surface area contributed by atoms with Gasteiger partial charge in [0.15, 0.2) is 0 Å². The average molecular weight is 105 g/mol. The Bertz CT molecular complexity index is 133. The number of amides is 1. The van der Waals surface area contributed by atoms with Crippen LogP contribution >= 0.6 is 0 Å². The van der Waals surface area contributed by atoms with Crippen molar-refractivity contribution >= 4 is 5.91 Å². The summed E-state index contributed by atoms with van der Waals surface area (Å²) in [5, 5.41) is 0. The SMILES string of the molecule is [2H]C([2H])([2H])C[C@@H](N)C(N)=O. The Morgan fingerprint density at radius 1 is 2.14 bits per heavy atom. The van der Waals surface area contributed by atoms with Crippen molar-refractivity contribution in [1.82, 2.24) is 0 Å². The van der Waals surface area contributed by atoms with Gasteiger partial charge in [-0.05, 0) is 6.42 Å². The molecule has 0 heterocycles. The van der Waals surface area contributed by atoms with E-state index in [9.17, 15) is 4.79 Å². The fourth-order valence-corrected chi connectivity index (χ4v) is 0.101. The Kier molecular flexibility index (Phi) is 0.982. The number of nitrogens with two attached hydrogens (primary N) is 2. The van der Waals surface area contributed by atoms with Crippen LogP contribution in [-0.4, -0.2) is 11.9 Å². The predicted molar refractivity (Wildman–Crippen MR) is 27.5 cm³/mol. The van der Waals surface area contributed by atoms with E-state index in [1.165, 1.54) is 0 Å². The van der Waals surface area contributed by atoms with E-state index in [4.69, 9.17) is 15.6 Å². The molecule has 0 aliphatic heterocycles. The molecule has 4 N–H and O–H groups in total.